The topological polar surface area (TPSA) is 23.5 Å². The number of aliphatic hydroxyl groups is 1. The lowest BCUT2D eigenvalue weighted by atomic mass is 10.3. The molecule has 0 saturated carbocycles. The molecule has 6 heteroatoms. The van der Waals surface area contributed by atoms with Crippen LogP contribution in [0.1, 0.15) is 6.42 Å². The molecule has 2 nitrogen and oxygen atoms in total. The third kappa shape index (κ3) is 4.73. The largest absolute Gasteiger partial charge is 0.441 e. The van der Waals surface area contributed by atoms with Gasteiger partial charge in [-0.2, -0.15) is 13.2 Å². The Balaban J connectivity index is 2.07. The Kier molecular flexibility index (Phi) is 3.87. The van der Waals surface area contributed by atoms with Crippen molar-refractivity contribution in [3.05, 3.63) is 0 Å². The van der Waals surface area contributed by atoms with Crippen LogP contribution in [0.3, 0.4) is 0 Å². The second kappa shape index (κ2) is 4.52. The first-order valence-electron chi connectivity index (χ1n) is 4.08. The Morgan fingerprint density at radius 1 is 1.46 bits per heavy atom. The van der Waals surface area contributed by atoms with Crippen molar-refractivity contribution in [3.63, 3.8) is 0 Å². The normalized spacial score (nSPS) is 25.4. The number of nitrogens with zero attached hydrogens (tertiary/aromatic N) is 1. The highest BCUT2D eigenvalue weighted by Gasteiger charge is 2.28. The van der Waals surface area contributed by atoms with Crippen molar-refractivity contribution >= 4 is 11.8 Å². The van der Waals surface area contributed by atoms with Crippen molar-refractivity contribution in [1.29, 1.82) is 0 Å². The summed E-state index contributed by atoms with van der Waals surface area (Å²) < 4.78 is 35.1. The van der Waals surface area contributed by atoms with Gasteiger partial charge in [0.1, 0.15) is 0 Å². The predicted molar refractivity (Wildman–Crippen MR) is 45.6 cm³/mol. The number of alkyl halides is 3. The van der Waals surface area contributed by atoms with Gasteiger partial charge >= 0.3 is 5.51 Å². The summed E-state index contributed by atoms with van der Waals surface area (Å²) in [6, 6.07) is 0. The molecule has 0 aromatic carbocycles. The SMILES string of the molecule is OC1CCN(CCSC(F)(F)F)C1. The molecule has 0 aliphatic carbocycles. The maximum Gasteiger partial charge on any atom is 0.441 e. The van der Waals surface area contributed by atoms with E-state index in [0.29, 0.717) is 26.1 Å². The van der Waals surface area contributed by atoms with Gasteiger partial charge in [-0.1, -0.05) is 0 Å². The van der Waals surface area contributed by atoms with E-state index in [2.05, 4.69) is 0 Å². The van der Waals surface area contributed by atoms with Crippen LogP contribution in [0.25, 0.3) is 0 Å². The molecule has 0 bridgehead atoms. The molecule has 0 spiro atoms. The Bertz CT molecular complexity index is 164. The molecule has 1 aliphatic heterocycles. The van der Waals surface area contributed by atoms with Gasteiger partial charge in [0.2, 0.25) is 0 Å². The van der Waals surface area contributed by atoms with E-state index in [9.17, 15) is 13.2 Å². The number of thioether (sulfide) groups is 1. The summed E-state index contributed by atoms with van der Waals surface area (Å²) in [7, 11) is 0. The molecule has 0 radical (unpaired) electrons. The van der Waals surface area contributed by atoms with E-state index in [1.165, 1.54) is 0 Å². The Morgan fingerprint density at radius 2 is 2.15 bits per heavy atom. The molecule has 1 aliphatic rings. The number of aliphatic hydroxyl groups excluding tert-OH is 1. The van der Waals surface area contributed by atoms with Gasteiger partial charge in [0.05, 0.1) is 6.10 Å². The molecule has 1 unspecified atom stereocenters. The lowest BCUT2D eigenvalue weighted by Crippen LogP contribution is -2.25. The molecular formula is C7H12F3NOS. The quantitative estimate of drug-likeness (QED) is 0.767. The van der Waals surface area contributed by atoms with Crippen molar-refractivity contribution < 1.29 is 18.3 Å². The number of β-amino-alcohol motifs (C(OH)–C–C–N with tert-alkyl or cyclic N) is 1. The van der Waals surface area contributed by atoms with Crippen LogP contribution in [0.5, 0.6) is 0 Å². The molecule has 0 aromatic rings. The smallest absolute Gasteiger partial charge is 0.392 e. The van der Waals surface area contributed by atoms with Crippen LogP contribution >= 0.6 is 11.8 Å². The number of rotatable bonds is 3. The fourth-order valence-corrected chi connectivity index (χ4v) is 1.89. The minimum absolute atomic E-state index is 0.00165. The average Bonchev–Trinajstić information content (AvgIpc) is 2.33. The van der Waals surface area contributed by atoms with Crippen LogP contribution in [0.2, 0.25) is 0 Å². The molecule has 1 rings (SSSR count). The summed E-state index contributed by atoms with van der Waals surface area (Å²) >= 11 is -0.00165. The minimum Gasteiger partial charge on any atom is -0.392 e. The van der Waals surface area contributed by atoms with Crippen molar-refractivity contribution in [3.8, 4) is 0 Å². The molecule has 1 saturated heterocycles. The molecule has 1 atom stereocenters. The summed E-state index contributed by atoms with van der Waals surface area (Å²) in [5.41, 5.74) is -4.13. The molecule has 13 heavy (non-hydrogen) atoms. The summed E-state index contributed by atoms with van der Waals surface area (Å²) in [5.74, 6) is 0.0518. The van der Waals surface area contributed by atoms with E-state index >= 15 is 0 Å². The Hall–Kier alpha value is 0.0600. The Morgan fingerprint density at radius 3 is 2.62 bits per heavy atom. The number of likely N-dealkylation sites (tertiary alicyclic amines) is 1. The van der Waals surface area contributed by atoms with Crippen LogP contribution < -0.4 is 0 Å². The van der Waals surface area contributed by atoms with Crippen LogP contribution in [0.4, 0.5) is 13.2 Å². The predicted octanol–water partition coefficient (Wildman–Crippen LogP) is 1.31. The zero-order valence-electron chi connectivity index (χ0n) is 7.05. The molecule has 0 amide bonds. The van der Waals surface area contributed by atoms with Crippen molar-refractivity contribution in [2.24, 2.45) is 0 Å². The van der Waals surface area contributed by atoms with Gasteiger partial charge < -0.3 is 5.11 Å². The minimum atomic E-state index is -4.13. The van der Waals surface area contributed by atoms with E-state index in [-0.39, 0.29) is 23.6 Å². The number of hydrogen-bond acceptors (Lipinski definition) is 3. The fraction of sp³-hybridized carbons (Fsp3) is 1.00. The molecule has 1 N–H and O–H groups in total. The molecule has 1 fully saturated rings. The van der Waals surface area contributed by atoms with Gasteiger partial charge in [-0.25, -0.2) is 0 Å². The van der Waals surface area contributed by atoms with Gasteiger partial charge in [0.15, 0.2) is 0 Å². The highest BCUT2D eigenvalue weighted by Crippen LogP contribution is 2.30. The molecular weight excluding hydrogens is 203 g/mol. The summed E-state index contributed by atoms with van der Waals surface area (Å²) in [4.78, 5) is 1.85. The maximum absolute atomic E-state index is 11.7. The van der Waals surface area contributed by atoms with Crippen molar-refractivity contribution in [2.75, 3.05) is 25.4 Å². The average molecular weight is 215 g/mol. The van der Waals surface area contributed by atoms with E-state index in [4.69, 9.17) is 5.11 Å². The van der Waals surface area contributed by atoms with Gasteiger partial charge in [0, 0.05) is 25.4 Å². The summed E-state index contributed by atoms with van der Waals surface area (Å²) in [6.45, 7) is 1.62. The zero-order valence-corrected chi connectivity index (χ0v) is 7.87. The van der Waals surface area contributed by atoms with E-state index in [0.717, 1.165) is 0 Å². The first-order valence-corrected chi connectivity index (χ1v) is 5.07. The van der Waals surface area contributed by atoms with E-state index < -0.39 is 5.51 Å². The zero-order chi connectivity index (χ0) is 9.90. The van der Waals surface area contributed by atoms with Gasteiger partial charge in [-0.05, 0) is 18.2 Å². The fourth-order valence-electron chi connectivity index (χ4n) is 1.31. The van der Waals surface area contributed by atoms with Gasteiger partial charge in [-0.15, -0.1) is 0 Å². The number of halogens is 3. The molecule has 1 heterocycles. The van der Waals surface area contributed by atoms with E-state index in [1.807, 2.05) is 4.90 Å². The summed E-state index contributed by atoms with van der Waals surface area (Å²) in [6.07, 6.45) is 0.326. The van der Waals surface area contributed by atoms with E-state index in [1.54, 1.807) is 0 Å². The van der Waals surface area contributed by atoms with Gasteiger partial charge in [0.25, 0.3) is 0 Å². The first-order chi connectivity index (χ1) is 5.97. The second-order valence-corrected chi connectivity index (χ2v) is 4.20. The molecule has 78 valence electrons. The third-order valence-electron chi connectivity index (χ3n) is 1.92. The number of hydrogen-bond donors (Lipinski definition) is 1. The van der Waals surface area contributed by atoms with Gasteiger partial charge in [-0.3, -0.25) is 4.90 Å². The lowest BCUT2D eigenvalue weighted by molar-refractivity contribution is -0.0328. The highest BCUT2D eigenvalue weighted by atomic mass is 32.2. The van der Waals surface area contributed by atoms with Crippen molar-refractivity contribution in [2.45, 2.75) is 18.0 Å². The standard InChI is InChI=1S/C7H12F3NOS/c8-7(9,10)13-4-3-11-2-1-6(12)5-11/h6,12H,1-5H2. The van der Waals surface area contributed by atoms with Crippen LogP contribution in [-0.2, 0) is 0 Å². The van der Waals surface area contributed by atoms with Crippen LogP contribution in [0.15, 0.2) is 0 Å². The monoisotopic (exact) mass is 215 g/mol. The van der Waals surface area contributed by atoms with Crippen molar-refractivity contribution in [1.82, 2.24) is 4.90 Å². The molecule has 0 aromatic heterocycles. The highest BCUT2D eigenvalue weighted by molar-refractivity contribution is 8.00. The van der Waals surface area contributed by atoms with Crippen LogP contribution in [0, 0.1) is 0 Å². The second-order valence-electron chi connectivity index (χ2n) is 3.04. The summed E-state index contributed by atoms with van der Waals surface area (Å²) in [5, 5.41) is 9.09. The Labute approximate surface area is 79.1 Å². The maximum atomic E-state index is 11.7. The third-order valence-corrected chi connectivity index (χ3v) is 2.63. The first kappa shape index (κ1) is 11.1. The van der Waals surface area contributed by atoms with Crippen LogP contribution in [-0.4, -0.2) is 47.0 Å². The lowest BCUT2D eigenvalue weighted by Gasteiger charge is -2.14.